The number of nitrogens with zero attached hydrogens (tertiary/aromatic N) is 2. The molecule has 6 nitrogen and oxygen atoms in total. The number of aromatic amines is 1. The van der Waals surface area contributed by atoms with E-state index in [2.05, 4.69) is 22.1 Å². The number of imidazole rings is 1. The van der Waals surface area contributed by atoms with Crippen LogP contribution in [-0.4, -0.2) is 40.5 Å². The van der Waals surface area contributed by atoms with Gasteiger partial charge in [0.1, 0.15) is 12.4 Å². The molecule has 3 N–H and O–H groups in total. The van der Waals surface area contributed by atoms with Gasteiger partial charge in [-0.15, -0.1) is 24.8 Å². The molecule has 1 atom stereocenters. The Morgan fingerprint density at radius 2 is 1.97 bits per heavy atom. The molecule has 2 heterocycles. The van der Waals surface area contributed by atoms with Gasteiger partial charge < -0.3 is 20.4 Å². The van der Waals surface area contributed by atoms with Gasteiger partial charge in [0.2, 0.25) is 5.91 Å². The molecule has 8 heteroatoms. The fourth-order valence-corrected chi connectivity index (χ4v) is 3.67. The molecule has 160 valence electrons. The summed E-state index contributed by atoms with van der Waals surface area (Å²) >= 11 is 0. The minimum absolute atomic E-state index is 0. The molecule has 1 aliphatic rings. The first-order valence-corrected chi connectivity index (χ1v) is 9.51. The summed E-state index contributed by atoms with van der Waals surface area (Å²) in [5.41, 5.74) is 9.64. The van der Waals surface area contributed by atoms with Crippen molar-refractivity contribution in [2.75, 3.05) is 19.7 Å². The third kappa shape index (κ3) is 5.33. The summed E-state index contributed by atoms with van der Waals surface area (Å²) in [4.78, 5) is 22.7. The Hall–Kier alpha value is -2.54. The smallest absolute Gasteiger partial charge is 0.227 e. The van der Waals surface area contributed by atoms with E-state index >= 15 is 0 Å². The maximum Gasteiger partial charge on any atom is 0.227 e. The average molecular weight is 449 g/mol. The van der Waals surface area contributed by atoms with Crippen LogP contribution in [-0.2, 0) is 17.8 Å². The van der Waals surface area contributed by atoms with Crippen molar-refractivity contribution >= 4 is 30.7 Å². The van der Waals surface area contributed by atoms with Crippen molar-refractivity contribution in [3.63, 3.8) is 0 Å². The Labute approximate surface area is 188 Å². The summed E-state index contributed by atoms with van der Waals surface area (Å²) in [5.74, 6) is 0.920. The van der Waals surface area contributed by atoms with Crippen LogP contribution in [0.1, 0.15) is 28.4 Å². The minimum Gasteiger partial charge on any atom is -0.492 e. The average Bonchev–Trinajstić information content (AvgIpc) is 3.21. The van der Waals surface area contributed by atoms with Crippen molar-refractivity contribution in [2.24, 2.45) is 5.73 Å². The number of hydrogen-bond donors (Lipinski definition) is 2. The Bertz CT molecular complexity index is 949. The van der Waals surface area contributed by atoms with Gasteiger partial charge in [0.25, 0.3) is 0 Å². The van der Waals surface area contributed by atoms with E-state index in [-0.39, 0.29) is 36.6 Å². The molecule has 1 unspecified atom stereocenters. The lowest BCUT2D eigenvalue weighted by molar-refractivity contribution is -0.131. The van der Waals surface area contributed by atoms with Crippen molar-refractivity contribution in [1.82, 2.24) is 14.9 Å². The van der Waals surface area contributed by atoms with Crippen molar-refractivity contribution in [3.8, 4) is 5.75 Å². The highest BCUT2D eigenvalue weighted by atomic mass is 35.5. The quantitative estimate of drug-likeness (QED) is 0.605. The van der Waals surface area contributed by atoms with Gasteiger partial charge in [0, 0.05) is 19.0 Å². The van der Waals surface area contributed by atoms with Gasteiger partial charge in [0.15, 0.2) is 0 Å². The molecule has 1 aromatic heterocycles. The van der Waals surface area contributed by atoms with E-state index in [0.717, 1.165) is 22.7 Å². The van der Waals surface area contributed by atoms with Gasteiger partial charge in [0.05, 0.1) is 30.7 Å². The van der Waals surface area contributed by atoms with Crippen LogP contribution in [0.3, 0.4) is 0 Å². The Balaban J connectivity index is 0.00000160. The summed E-state index contributed by atoms with van der Waals surface area (Å²) in [5, 5.41) is 0. The first kappa shape index (κ1) is 23.7. The molecule has 1 aliphatic heterocycles. The molecule has 30 heavy (non-hydrogen) atoms. The first-order chi connectivity index (χ1) is 13.7. The maximum absolute atomic E-state index is 13.0. The Morgan fingerprint density at radius 3 is 2.73 bits per heavy atom. The third-order valence-electron chi connectivity index (χ3n) is 5.03. The number of carbonyl (C=O) groups is 1. The number of ether oxygens (including phenoxy) is 1. The van der Waals surface area contributed by atoms with Crippen LogP contribution in [0.4, 0.5) is 0 Å². The summed E-state index contributed by atoms with van der Waals surface area (Å²) in [6.07, 6.45) is 2.05. The van der Waals surface area contributed by atoms with Crippen LogP contribution in [0.25, 0.3) is 0 Å². The second-order valence-electron chi connectivity index (χ2n) is 6.97. The van der Waals surface area contributed by atoms with E-state index in [1.165, 1.54) is 5.56 Å². The third-order valence-corrected chi connectivity index (χ3v) is 5.03. The molecule has 1 amide bonds. The molecule has 0 fully saturated rings. The predicted molar refractivity (Wildman–Crippen MR) is 121 cm³/mol. The van der Waals surface area contributed by atoms with Gasteiger partial charge in [-0.1, -0.05) is 42.5 Å². The molecule has 0 bridgehead atoms. The number of H-pyrrole nitrogens is 1. The van der Waals surface area contributed by atoms with Crippen LogP contribution in [0.15, 0.2) is 60.9 Å². The molecule has 0 saturated heterocycles. The highest BCUT2D eigenvalue weighted by molar-refractivity contribution is 5.85. The highest BCUT2D eigenvalue weighted by Gasteiger charge is 2.31. The van der Waals surface area contributed by atoms with Crippen LogP contribution >= 0.6 is 24.8 Å². The van der Waals surface area contributed by atoms with E-state index in [9.17, 15) is 4.79 Å². The van der Waals surface area contributed by atoms with Crippen LogP contribution in [0, 0.1) is 0 Å². The lowest BCUT2D eigenvalue weighted by Gasteiger charge is -2.32. The number of benzene rings is 2. The lowest BCUT2D eigenvalue weighted by atomic mass is 9.90. The summed E-state index contributed by atoms with van der Waals surface area (Å²) in [6, 6.07) is 17.9. The summed E-state index contributed by atoms with van der Waals surface area (Å²) in [6.45, 7) is 2.11. The van der Waals surface area contributed by atoms with Gasteiger partial charge in [-0.3, -0.25) is 4.79 Å². The number of carbonyl (C=O) groups excluding carboxylic acids is 1. The monoisotopic (exact) mass is 448 g/mol. The van der Waals surface area contributed by atoms with E-state index in [1.54, 1.807) is 6.33 Å². The predicted octanol–water partition coefficient (Wildman–Crippen LogP) is 3.31. The number of nitrogens with two attached hydrogens (primary N) is 1. The number of fused-ring (bicyclic) bond motifs is 1. The Morgan fingerprint density at radius 1 is 1.17 bits per heavy atom. The van der Waals surface area contributed by atoms with E-state index in [4.69, 9.17) is 10.5 Å². The molecular formula is C22H26Cl2N4O2. The summed E-state index contributed by atoms with van der Waals surface area (Å²) < 4.78 is 5.57. The summed E-state index contributed by atoms with van der Waals surface area (Å²) in [7, 11) is 0. The second kappa shape index (κ2) is 11.0. The van der Waals surface area contributed by atoms with E-state index in [0.29, 0.717) is 32.7 Å². The molecule has 2 aromatic carbocycles. The molecule has 0 aliphatic carbocycles. The van der Waals surface area contributed by atoms with Crippen LogP contribution in [0.5, 0.6) is 5.75 Å². The number of halogens is 2. The fraction of sp³-hybridized carbons (Fsp3) is 0.273. The van der Waals surface area contributed by atoms with E-state index in [1.807, 2.05) is 47.4 Å². The molecular weight excluding hydrogens is 423 g/mol. The Kier molecular flexibility index (Phi) is 8.72. The normalized spacial score (nSPS) is 14.8. The SMILES string of the molecule is Cl.Cl.NCCOc1cccc(CC(=O)N2Cc3[nH]cnc3C(c3ccccc3)C2)c1. The number of rotatable bonds is 6. The van der Waals surface area contributed by atoms with Gasteiger partial charge in [-0.25, -0.2) is 4.98 Å². The lowest BCUT2D eigenvalue weighted by Crippen LogP contribution is -2.39. The van der Waals surface area contributed by atoms with E-state index < -0.39 is 0 Å². The minimum atomic E-state index is 0. The van der Waals surface area contributed by atoms with Crippen molar-refractivity contribution in [2.45, 2.75) is 18.9 Å². The number of nitrogens with one attached hydrogen (secondary N) is 1. The zero-order valence-corrected chi connectivity index (χ0v) is 18.1. The fourth-order valence-electron chi connectivity index (χ4n) is 3.67. The van der Waals surface area contributed by atoms with Crippen LogP contribution in [0.2, 0.25) is 0 Å². The maximum atomic E-state index is 13.0. The molecule has 4 rings (SSSR count). The topological polar surface area (TPSA) is 84.2 Å². The standard InChI is InChI=1S/C22H24N4O2.2ClH/c23-9-10-28-18-8-4-5-16(11-18)12-21(27)26-13-19(17-6-2-1-3-7-17)22-20(14-26)24-15-25-22;;/h1-8,11,15,19H,9-10,12-14,23H2,(H,24,25);2*1H. The first-order valence-electron chi connectivity index (χ1n) is 9.51. The molecule has 3 aromatic rings. The number of aromatic nitrogens is 2. The highest BCUT2D eigenvalue weighted by Crippen LogP contribution is 2.31. The van der Waals surface area contributed by atoms with Crippen molar-refractivity contribution in [3.05, 3.63) is 83.4 Å². The largest absolute Gasteiger partial charge is 0.492 e. The molecule has 0 saturated carbocycles. The zero-order chi connectivity index (χ0) is 19.3. The van der Waals surface area contributed by atoms with Crippen LogP contribution < -0.4 is 10.5 Å². The second-order valence-corrected chi connectivity index (χ2v) is 6.97. The number of amides is 1. The van der Waals surface area contributed by atoms with Crippen molar-refractivity contribution in [1.29, 1.82) is 0 Å². The zero-order valence-electron chi connectivity index (χ0n) is 16.5. The van der Waals surface area contributed by atoms with Crippen molar-refractivity contribution < 1.29 is 9.53 Å². The molecule has 0 spiro atoms. The van der Waals surface area contributed by atoms with Gasteiger partial charge >= 0.3 is 0 Å². The molecule has 0 radical (unpaired) electrons. The number of hydrogen-bond acceptors (Lipinski definition) is 4. The van der Waals surface area contributed by atoms with Gasteiger partial charge in [-0.2, -0.15) is 0 Å². The van der Waals surface area contributed by atoms with Gasteiger partial charge in [-0.05, 0) is 23.3 Å².